The second-order valence-electron chi connectivity index (χ2n) is 9.89. The van der Waals surface area contributed by atoms with Gasteiger partial charge in [-0.25, -0.2) is 19.3 Å². The standard InChI is InChI=1S/C27H24F3N5O3Si/c1-16-22(24(36)38-2)23(21-10-9-17(15-31)13-18(21)11-12-39(3,4)5)35-25(32-33-26(35)37)34(16)20-8-6-7-19(14-20)27(28,29)30/h6-10,13-14,23H,1-5H3,(H,33,37). The lowest BCUT2D eigenvalue weighted by molar-refractivity contribution is -0.138. The Morgan fingerprint density at radius 3 is 2.51 bits per heavy atom. The second-order valence-corrected chi connectivity index (χ2v) is 14.6. The SMILES string of the molecule is COC(=O)C1=C(C)N(c2cccc(C(F)(F)F)c2)c2n[nH]c(=O)n2C1c1ccc(C#N)cc1C#C[Si](C)(C)C. The van der Waals surface area contributed by atoms with Gasteiger partial charge in [-0.05, 0) is 42.8 Å². The van der Waals surface area contributed by atoms with Crippen molar-refractivity contribution in [3.63, 3.8) is 0 Å². The van der Waals surface area contributed by atoms with Crippen LogP contribution in [0.5, 0.6) is 0 Å². The summed E-state index contributed by atoms with van der Waals surface area (Å²) in [5.41, 5.74) is 3.10. The lowest BCUT2D eigenvalue weighted by Gasteiger charge is -2.35. The number of fused-ring (bicyclic) bond motifs is 1. The summed E-state index contributed by atoms with van der Waals surface area (Å²) in [6.45, 7) is 7.68. The van der Waals surface area contributed by atoms with Crippen molar-refractivity contribution in [2.75, 3.05) is 12.0 Å². The van der Waals surface area contributed by atoms with Gasteiger partial charge in [0.05, 0.1) is 29.9 Å². The highest BCUT2D eigenvalue weighted by Gasteiger charge is 2.41. The maximum Gasteiger partial charge on any atom is 0.416 e. The van der Waals surface area contributed by atoms with Crippen LogP contribution >= 0.6 is 0 Å². The zero-order valence-electron chi connectivity index (χ0n) is 21.8. The van der Waals surface area contributed by atoms with Crippen LogP contribution in [-0.2, 0) is 15.7 Å². The molecule has 0 radical (unpaired) electrons. The number of ether oxygens (including phenoxy) is 1. The number of methoxy groups -OCH3 is 1. The predicted molar refractivity (Wildman–Crippen MR) is 141 cm³/mol. The Morgan fingerprint density at radius 1 is 1.18 bits per heavy atom. The summed E-state index contributed by atoms with van der Waals surface area (Å²) >= 11 is 0. The third-order valence-electron chi connectivity index (χ3n) is 6.03. The van der Waals surface area contributed by atoms with Gasteiger partial charge >= 0.3 is 17.8 Å². The number of carbonyl (C=O) groups is 1. The molecule has 200 valence electrons. The molecule has 1 aliphatic rings. The molecule has 1 aliphatic heterocycles. The largest absolute Gasteiger partial charge is 0.466 e. The number of hydrogen-bond acceptors (Lipinski definition) is 6. The number of H-pyrrole nitrogens is 1. The van der Waals surface area contributed by atoms with Gasteiger partial charge in [0.1, 0.15) is 14.1 Å². The summed E-state index contributed by atoms with van der Waals surface area (Å²) in [4.78, 5) is 27.7. The molecule has 2 heterocycles. The molecule has 0 spiro atoms. The first-order chi connectivity index (χ1) is 18.3. The normalized spacial score (nSPS) is 15.3. The number of hydrogen-bond donors (Lipinski definition) is 1. The van der Waals surface area contributed by atoms with Crippen LogP contribution in [-0.4, -0.2) is 35.9 Å². The van der Waals surface area contributed by atoms with Crippen molar-refractivity contribution in [1.29, 1.82) is 5.26 Å². The Hall–Kier alpha value is -4.55. The Morgan fingerprint density at radius 2 is 1.90 bits per heavy atom. The van der Waals surface area contributed by atoms with Gasteiger partial charge in [-0.1, -0.05) is 37.7 Å². The highest BCUT2D eigenvalue weighted by Crippen LogP contribution is 2.43. The number of benzene rings is 2. The number of alkyl halides is 3. The second kappa shape index (κ2) is 9.96. The minimum atomic E-state index is -4.62. The Kier molecular flexibility index (Phi) is 7.02. The highest BCUT2D eigenvalue weighted by atomic mass is 28.3. The summed E-state index contributed by atoms with van der Waals surface area (Å²) in [6.07, 6.45) is -4.62. The van der Waals surface area contributed by atoms with E-state index >= 15 is 0 Å². The zero-order chi connectivity index (χ0) is 28.7. The average Bonchev–Trinajstić information content (AvgIpc) is 3.26. The molecule has 0 bridgehead atoms. The summed E-state index contributed by atoms with van der Waals surface area (Å²) in [7, 11) is -0.706. The van der Waals surface area contributed by atoms with E-state index < -0.39 is 37.5 Å². The van der Waals surface area contributed by atoms with Gasteiger partial charge in [0.15, 0.2) is 0 Å². The number of aromatic nitrogens is 3. The predicted octanol–water partition coefficient (Wildman–Crippen LogP) is 4.88. The Balaban J connectivity index is 2.05. The van der Waals surface area contributed by atoms with E-state index in [1.807, 2.05) is 19.6 Å². The lowest BCUT2D eigenvalue weighted by Crippen LogP contribution is -2.38. The first-order valence-electron chi connectivity index (χ1n) is 11.8. The maximum absolute atomic E-state index is 13.5. The minimum Gasteiger partial charge on any atom is -0.466 e. The number of carbonyl (C=O) groups excluding carboxylic acids is 1. The molecule has 12 heteroatoms. The van der Waals surface area contributed by atoms with Crippen LogP contribution in [0.15, 0.2) is 58.5 Å². The monoisotopic (exact) mass is 551 g/mol. The van der Waals surface area contributed by atoms with Gasteiger partial charge in [-0.15, -0.1) is 10.6 Å². The van der Waals surface area contributed by atoms with E-state index in [4.69, 9.17) is 4.74 Å². The fourth-order valence-electron chi connectivity index (χ4n) is 4.31. The molecular formula is C27H24F3N5O3Si. The van der Waals surface area contributed by atoms with Crippen LogP contribution in [0.2, 0.25) is 19.6 Å². The fourth-order valence-corrected chi connectivity index (χ4v) is 4.82. The van der Waals surface area contributed by atoms with E-state index in [2.05, 4.69) is 27.7 Å². The topological polar surface area (TPSA) is 104 Å². The molecule has 0 aliphatic carbocycles. The number of nitriles is 1. The van der Waals surface area contributed by atoms with Crippen molar-refractivity contribution in [3.05, 3.63) is 86.5 Å². The first-order valence-corrected chi connectivity index (χ1v) is 15.3. The third kappa shape index (κ3) is 5.24. The van der Waals surface area contributed by atoms with E-state index in [1.165, 1.54) is 28.7 Å². The fraction of sp³-hybridized carbons (Fsp3) is 0.259. The van der Waals surface area contributed by atoms with Crippen molar-refractivity contribution < 1.29 is 22.7 Å². The number of esters is 1. The smallest absolute Gasteiger partial charge is 0.416 e. The zero-order valence-corrected chi connectivity index (χ0v) is 22.8. The summed E-state index contributed by atoms with van der Waals surface area (Å²) in [6, 6.07) is 10.2. The number of rotatable bonds is 3. The number of halogens is 3. The molecule has 8 nitrogen and oxygen atoms in total. The molecule has 1 unspecified atom stereocenters. The van der Waals surface area contributed by atoms with Crippen molar-refractivity contribution >= 4 is 25.7 Å². The summed E-state index contributed by atoms with van der Waals surface area (Å²) in [5.74, 6) is 2.31. The van der Waals surface area contributed by atoms with Crippen LogP contribution in [0.1, 0.15) is 35.2 Å². The summed E-state index contributed by atoms with van der Waals surface area (Å²) < 4.78 is 46.8. The van der Waals surface area contributed by atoms with E-state index in [-0.39, 0.29) is 22.9 Å². The first kappa shape index (κ1) is 27.5. The van der Waals surface area contributed by atoms with Crippen LogP contribution in [0.25, 0.3) is 0 Å². The molecule has 1 N–H and O–H groups in total. The molecule has 39 heavy (non-hydrogen) atoms. The molecule has 2 aromatic carbocycles. The van der Waals surface area contributed by atoms with E-state index in [0.717, 1.165) is 12.1 Å². The van der Waals surface area contributed by atoms with E-state index in [9.17, 15) is 28.0 Å². The molecule has 4 rings (SSSR count). The number of nitrogens with one attached hydrogen (secondary N) is 1. The van der Waals surface area contributed by atoms with Crippen LogP contribution in [0.4, 0.5) is 24.8 Å². The lowest BCUT2D eigenvalue weighted by atomic mass is 9.90. The molecule has 0 saturated heterocycles. The van der Waals surface area contributed by atoms with Crippen LogP contribution in [0.3, 0.4) is 0 Å². The summed E-state index contributed by atoms with van der Waals surface area (Å²) in [5, 5.41) is 15.9. The molecule has 0 saturated carbocycles. The maximum atomic E-state index is 13.5. The number of aromatic amines is 1. The van der Waals surface area contributed by atoms with Gasteiger partial charge in [0.25, 0.3) is 0 Å². The van der Waals surface area contributed by atoms with Crippen molar-refractivity contribution in [2.45, 2.75) is 38.8 Å². The Labute approximate surface area is 223 Å². The number of allylic oxidation sites excluding steroid dienone is 1. The average molecular weight is 552 g/mol. The quantitative estimate of drug-likeness (QED) is 0.283. The molecular weight excluding hydrogens is 527 g/mol. The molecule has 1 atom stereocenters. The highest BCUT2D eigenvalue weighted by molar-refractivity contribution is 6.83. The molecule has 1 aromatic heterocycles. The molecule has 3 aromatic rings. The Bertz CT molecular complexity index is 1660. The van der Waals surface area contributed by atoms with E-state index in [0.29, 0.717) is 16.7 Å². The molecule has 0 amide bonds. The minimum absolute atomic E-state index is 0.00618. The van der Waals surface area contributed by atoms with E-state index in [1.54, 1.807) is 25.1 Å². The third-order valence-corrected chi connectivity index (χ3v) is 6.90. The van der Waals surface area contributed by atoms with Crippen LogP contribution < -0.4 is 10.6 Å². The van der Waals surface area contributed by atoms with Crippen molar-refractivity contribution in [3.8, 4) is 17.5 Å². The van der Waals surface area contributed by atoms with Gasteiger partial charge in [-0.3, -0.25) is 4.90 Å². The van der Waals surface area contributed by atoms with Gasteiger partial charge < -0.3 is 4.74 Å². The number of anilines is 2. The van der Waals surface area contributed by atoms with Crippen molar-refractivity contribution in [2.24, 2.45) is 0 Å². The van der Waals surface area contributed by atoms with Crippen LogP contribution in [0, 0.1) is 22.8 Å². The molecule has 0 fully saturated rings. The number of nitrogens with zero attached hydrogens (tertiary/aromatic N) is 4. The van der Waals surface area contributed by atoms with Gasteiger partial charge in [0.2, 0.25) is 5.95 Å². The van der Waals surface area contributed by atoms with Crippen molar-refractivity contribution in [1.82, 2.24) is 14.8 Å². The van der Waals surface area contributed by atoms with Gasteiger partial charge in [-0.2, -0.15) is 18.4 Å². The van der Waals surface area contributed by atoms with Gasteiger partial charge in [0, 0.05) is 16.9 Å².